The van der Waals surface area contributed by atoms with Crippen LogP contribution in [0.5, 0.6) is 11.5 Å². The van der Waals surface area contributed by atoms with E-state index in [1.807, 2.05) is 30.3 Å². The average molecular weight is 365 g/mol. The van der Waals surface area contributed by atoms with Crippen molar-refractivity contribution in [2.45, 2.75) is 0 Å². The molecule has 4 rings (SSSR count). The third-order valence-corrected chi connectivity index (χ3v) is 4.88. The van der Waals surface area contributed by atoms with Crippen molar-refractivity contribution in [1.82, 2.24) is 19.9 Å². The molecule has 0 atom stereocenters. The van der Waals surface area contributed by atoms with Crippen LogP contribution in [0.25, 0.3) is 22.4 Å². The lowest BCUT2D eigenvalue weighted by molar-refractivity contribution is 0.312. The highest BCUT2D eigenvalue weighted by Crippen LogP contribution is 2.30. The van der Waals surface area contributed by atoms with Crippen LogP contribution >= 0.6 is 0 Å². The van der Waals surface area contributed by atoms with Gasteiger partial charge in [0.15, 0.2) is 5.82 Å². The standard InChI is InChI=1S/C20H23N5O2/c1-24-7-9-25(10-8-24)19-6-4-5-16(22-19)20-21-13-15-17(23-20)11-14(26-2)12-18(15)27-3/h4-6,11-13H,7-10H2,1-3H3. The van der Waals surface area contributed by atoms with Gasteiger partial charge in [0.25, 0.3) is 0 Å². The molecule has 140 valence electrons. The van der Waals surface area contributed by atoms with E-state index in [9.17, 15) is 0 Å². The Bertz CT molecular complexity index is 954. The van der Waals surface area contributed by atoms with Crippen molar-refractivity contribution in [3.05, 3.63) is 36.5 Å². The number of hydrogen-bond donors (Lipinski definition) is 0. The van der Waals surface area contributed by atoms with Gasteiger partial charge in [-0.2, -0.15) is 0 Å². The number of benzene rings is 1. The molecule has 0 aliphatic carbocycles. The molecule has 0 N–H and O–H groups in total. The van der Waals surface area contributed by atoms with Crippen molar-refractivity contribution in [2.75, 3.05) is 52.3 Å². The van der Waals surface area contributed by atoms with Crippen LogP contribution in [0.4, 0.5) is 5.82 Å². The van der Waals surface area contributed by atoms with Gasteiger partial charge in [-0.25, -0.2) is 15.0 Å². The lowest BCUT2D eigenvalue weighted by Gasteiger charge is -2.33. The number of methoxy groups -OCH3 is 2. The fourth-order valence-corrected chi connectivity index (χ4v) is 3.25. The Hall–Kier alpha value is -2.93. The van der Waals surface area contributed by atoms with Gasteiger partial charge < -0.3 is 19.3 Å². The second kappa shape index (κ2) is 7.36. The molecule has 0 unspecified atom stereocenters. The molecule has 1 aliphatic rings. The zero-order valence-electron chi connectivity index (χ0n) is 15.8. The van der Waals surface area contributed by atoms with Crippen LogP contribution in [-0.2, 0) is 0 Å². The molecule has 7 heteroatoms. The molecule has 7 nitrogen and oxygen atoms in total. The summed E-state index contributed by atoms with van der Waals surface area (Å²) in [6.45, 7) is 4.02. The number of nitrogens with zero attached hydrogens (tertiary/aromatic N) is 5. The van der Waals surface area contributed by atoms with E-state index in [1.54, 1.807) is 20.4 Å². The second-order valence-corrected chi connectivity index (χ2v) is 6.63. The first-order valence-corrected chi connectivity index (χ1v) is 8.97. The molecule has 0 radical (unpaired) electrons. The third-order valence-electron chi connectivity index (χ3n) is 4.88. The van der Waals surface area contributed by atoms with Crippen LogP contribution in [0.3, 0.4) is 0 Å². The van der Waals surface area contributed by atoms with Gasteiger partial charge in [0.1, 0.15) is 23.0 Å². The maximum atomic E-state index is 5.44. The first-order chi connectivity index (χ1) is 13.2. The number of likely N-dealkylation sites (N-methyl/N-ethyl adjacent to an activating group) is 1. The van der Waals surface area contributed by atoms with E-state index in [1.165, 1.54) is 0 Å². The molecule has 3 heterocycles. The van der Waals surface area contributed by atoms with Crippen molar-refractivity contribution in [2.24, 2.45) is 0 Å². The van der Waals surface area contributed by atoms with E-state index in [0.29, 0.717) is 17.3 Å². The van der Waals surface area contributed by atoms with E-state index in [0.717, 1.165) is 48.6 Å². The molecule has 1 saturated heterocycles. The van der Waals surface area contributed by atoms with Crippen molar-refractivity contribution in [3.63, 3.8) is 0 Å². The molecule has 0 bridgehead atoms. The van der Waals surface area contributed by atoms with Crippen molar-refractivity contribution >= 4 is 16.7 Å². The SMILES string of the molecule is COc1cc(OC)c2cnc(-c3cccc(N4CCN(C)CC4)n3)nc2c1. The predicted octanol–water partition coefficient (Wildman–Crippen LogP) is 2.46. The minimum atomic E-state index is 0.591. The fraction of sp³-hybridized carbons (Fsp3) is 0.350. The maximum absolute atomic E-state index is 5.44. The summed E-state index contributed by atoms with van der Waals surface area (Å²) in [4.78, 5) is 18.7. The van der Waals surface area contributed by atoms with Crippen LogP contribution in [-0.4, -0.2) is 67.3 Å². The van der Waals surface area contributed by atoms with Crippen LogP contribution in [0, 0.1) is 0 Å². The van der Waals surface area contributed by atoms with Gasteiger partial charge >= 0.3 is 0 Å². The number of rotatable bonds is 4. The summed E-state index contributed by atoms with van der Waals surface area (Å²) >= 11 is 0. The summed E-state index contributed by atoms with van der Waals surface area (Å²) in [7, 11) is 5.40. The van der Waals surface area contributed by atoms with E-state index < -0.39 is 0 Å². The molecule has 0 saturated carbocycles. The average Bonchev–Trinajstić information content (AvgIpc) is 2.73. The lowest BCUT2D eigenvalue weighted by atomic mass is 10.2. The van der Waals surface area contributed by atoms with Crippen LogP contribution in [0.2, 0.25) is 0 Å². The Kier molecular flexibility index (Phi) is 4.77. The van der Waals surface area contributed by atoms with E-state index in [2.05, 4.69) is 21.8 Å². The van der Waals surface area contributed by atoms with E-state index in [4.69, 9.17) is 19.4 Å². The predicted molar refractivity (Wildman–Crippen MR) is 106 cm³/mol. The molecule has 27 heavy (non-hydrogen) atoms. The second-order valence-electron chi connectivity index (χ2n) is 6.63. The number of hydrogen-bond acceptors (Lipinski definition) is 7. The van der Waals surface area contributed by atoms with Crippen LogP contribution in [0.1, 0.15) is 0 Å². The molecule has 1 fully saturated rings. The topological polar surface area (TPSA) is 63.6 Å². The Morgan fingerprint density at radius 2 is 1.78 bits per heavy atom. The number of aromatic nitrogens is 3. The third kappa shape index (κ3) is 3.50. The van der Waals surface area contributed by atoms with Gasteiger partial charge in [-0.3, -0.25) is 0 Å². The molecule has 1 aliphatic heterocycles. The first-order valence-electron chi connectivity index (χ1n) is 8.97. The monoisotopic (exact) mass is 365 g/mol. The Morgan fingerprint density at radius 1 is 0.963 bits per heavy atom. The summed E-state index contributed by atoms with van der Waals surface area (Å²) in [6.07, 6.45) is 1.78. The van der Waals surface area contributed by atoms with Crippen LogP contribution < -0.4 is 14.4 Å². The highest BCUT2D eigenvalue weighted by molar-refractivity contribution is 5.87. The normalized spacial score (nSPS) is 15.1. The summed E-state index contributed by atoms with van der Waals surface area (Å²) in [5, 5.41) is 0.845. The summed E-state index contributed by atoms with van der Waals surface area (Å²) in [5.74, 6) is 2.94. The Morgan fingerprint density at radius 3 is 2.52 bits per heavy atom. The smallest absolute Gasteiger partial charge is 0.178 e. The quantitative estimate of drug-likeness (QED) is 0.704. The molecule has 0 spiro atoms. The molecule has 3 aromatic rings. The number of fused-ring (bicyclic) bond motifs is 1. The first kappa shape index (κ1) is 17.5. The van der Waals surface area contributed by atoms with Gasteiger partial charge in [0, 0.05) is 44.5 Å². The van der Waals surface area contributed by atoms with Crippen LogP contribution in [0.15, 0.2) is 36.5 Å². The molecule has 0 amide bonds. The van der Waals surface area contributed by atoms with Gasteiger partial charge in [-0.05, 0) is 19.2 Å². The zero-order valence-corrected chi connectivity index (χ0v) is 15.8. The van der Waals surface area contributed by atoms with Gasteiger partial charge in [0.2, 0.25) is 0 Å². The van der Waals surface area contributed by atoms with Crippen molar-refractivity contribution in [3.8, 4) is 23.0 Å². The number of anilines is 1. The molecule has 2 aromatic heterocycles. The Labute approximate surface area is 158 Å². The van der Waals surface area contributed by atoms with Gasteiger partial charge in [-0.1, -0.05) is 6.07 Å². The number of pyridine rings is 1. The fourth-order valence-electron chi connectivity index (χ4n) is 3.25. The minimum Gasteiger partial charge on any atom is -0.497 e. The van der Waals surface area contributed by atoms with Gasteiger partial charge in [-0.15, -0.1) is 0 Å². The Balaban J connectivity index is 1.71. The van der Waals surface area contributed by atoms with Crippen molar-refractivity contribution in [1.29, 1.82) is 0 Å². The van der Waals surface area contributed by atoms with Crippen molar-refractivity contribution < 1.29 is 9.47 Å². The summed E-state index contributed by atoms with van der Waals surface area (Å²) in [5.41, 5.74) is 1.53. The highest BCUT2D eigenvalue weighted by atomic mass is 16.5. The molecular weight excluding hydrogens is 342 g/mol. The molecule has 1 aromatic carbocycles. The van der Waals surface area contributed by atoms with Gasteiger partial charge in [0.05, 0.1) is 25.1 Å². The summed E-state index contributed by atoms with van der Waals surface area (Å²) in [6, 6.07) is 9.71. The maximum Gasteiger partial charge on any atom is 0.178 e. The highest BCUT2D eigenvalue weighted by Gasteiger charge is 2.16. The zero-order chi connectivity index (χ0) is 18.8. The molecular formula is C20H23N5O2. The minimum absolute atomic E-state index is 0.591. The number of piperazine rings is 1. The number of ether oxygens (including phenoxy) is 2. The summed E-state index contributed by atoms with van der Waals surface area (Å²) < 4.78 is 10.8. The van der Waals surface area contributed by atoms with E-state index in [-0.39, 0.29) is 0 Å². The van der Waals surface area contributed by atoms with E-state index >= 15 is 0 Å². The lowest BCUT2D eigenvalue weighted by Crippen LogP contribution is -2.44. The largest absolute Gasteiger partial charge is 0.497 e.